The highest BCUT2D eigenvalue weighted by atomic mass is 35.5. The molecule has 6 heteroatoms. The Hall–Kier alpha value is -2.69. The van der Waals surface area contributed by atoms with Crippen molar-refractivity contribution in [2.75, 3.05) is 0 Å². The molecule has 0 fully saturated rings. The summed E-state index contributed by atoms with van der Waals surface area (Å²) in [5.41, 5.74) is 3.29. The number of nitrogens with one attached hydrogen (secondary N) is 2. The van der Waals surface area contributed by atoms with Crippen molar-refractivity contribution < 1.29 is 4.79 Å². The average Bonchev–Trinajstić information content (AvgIpc) is 3.06. The van der Waals surface area contributed by atoms with Crippen molar-refractivity contribution in [1.82, 2.24) is 15.5 Å². The Bertz CT molecular complexity index is 981. The van der Waals surface area contributed by atoms with Crippen LogP contribution in [0.4, 0.5) is 0 Å². The molecular formula is C21H17Cl2N3O. The molecular weight excluding hydrogens is 381 g/mol. The molecule has 0 aliphatic carbocycles. The van der Waals surface area contributed by atoms with E-state index in [0.717, 1.165) is 16.8 Å². The van der Waals surface area contributed by atoms with E-state index in [1.54, 1.807) is 0 Å². The van der Waals surface area contributed by atoms with Gasteiger partial charge in [-0.05, 0) is 47.5 Å². The van der Waals surface area contributed by atoms with Gasteiger partial charge in [-0.1, -0.05) is 53.5 Å². The maximum absolute atomic E-state index is 12.8. The second kappa shape index (κ2) is 7.51. The van der Waals surface area contributed by atoms with Crippen molar-refractivity contribution in [3.05, 3.63) is 106 Å². The van der Waals surface area contributed by atoms with Crippen LogP contribution in [0, 0.1) is 0 Å². The summed E-state index contributed by atoms with van der Waals surface area (Å²) >= 11 is 12.2. The fourth-order valence-electron chi connectivity index (χ4n) is 3.19. The summed E-state index contributed by atoms with van der Waals surface area (Å²) in [6.45, 7) is 0.402. The van der Waals surface area contributed by atoms with Crippen LogP contribution in [-0.2, 0) is 11.3 Å². The first-order chi connectivity index (χ1) is 13.1. The highest BCUT2D eigenvalue weighted by Gasteiger charge is 2.33. The van der Waals surface area contributed by atoms with Gasteiger partial charge in [-0.3, -0.25) is 4.79 Å². The lowest BCUT2D eigenvalue weighted by atomic mass is 10.1. The van der Waals surface area contributed by atoms with Crippen LogP contribution in [0.1, 0.15) is 17.3 Å². The lowest BCUT2D eigenvalue weighted by Gasteiger charge is -2.26. The van der Waals surface area contributed by atoms with Crippen LogP contribution in [0.2, 0.25) is 10.0 Å². The fraction of sp³-hybridized carbons (Fsp3) is 0.0952. The van der Waals surface area contributed by atoms with Crippen molar-refractivity contribution in [2.45, 2.75) is 12.7 Å². The van der Waals surface area contributed by atoms with Gasteiger partial charge in [0.05, 0.1) is 5.70 Å². The highest BCUT2D eigenvalue weighted by molar-refractivity contribution is 6.30. The Labute approximate surface area is 167 Å². The normalized spacial score (nSPS) is 17.7. The Morgan fingerprint density at radius 3 is 2.63 bits per heavy atom. The second-order valence-electron chi connectivity index (χ2n) is 6.28. The molecule has 1 amide bonds. The number of hydrogen-bond acceptors (Lipinski definition) is 3. The van der Waals surface area contributed by atoms with E-state index in [1.807, 2.05) is 77.9 Å². The molecule has 4 nitrogen and oxygen atoms in total. The number of hydrogen-bond donors (Lipinski definition) is 2. The monoisotopic (exact) mass is 397 g/mol. The molecule has 0 bridgehead atoms. The van der Waals surface area contributed by atoms with Crippen molar-refractivity contribution in [3.63, 3.8) is 0 Å². The van der Waals surface area contributed by atoms with E-state index in [1.165, 1.54) is 0 Å². The zero-order chi connectivity index (χ0) is 18.8. The van der Waals surface area contributed by atoms with Gasteiger partial charge in [0.1, 0.15) is 11.9 Å². The minimum atomic E-state index is -0.188. The van der Waals surface area contributed by atoms with E-state index < -0.39 is 0 Å². The van der Waals surface area contributed by atoms with Gasteiger partial charge in [0, 0.05) is 22.8 Å². The molecule has 0 radical (unpaired) electrons. The molecule has 27 heavy (non-hydrogen) atoms. The number of halogens is 2. The van der Waals surface area contributed by atoms with Crippen molar-refractivity contribution in [1.29, 1.82) is 0 Å². The van der Waals surface area contributed by atoms with Crippen molar-refractivity contribution >= 4 is 29.1 Å². The lowest BCUT2D eigenvalue weighted by molar-refractivity contribution is -0.118. The number of allylic oxidation sites excluding steroid dienone is 3. The molecule has 2 aliphatic rings. The molecule has 2 aliphatic heterocycles. The lowest BCUT2D eigenvalue weighted by Crippen LogP contribution is -2.31. The zero-order valence-electron chi connectivity index (χ0n) is 14.3. The van der Waals surface area contributed by atoms with Crippen LogP contribution in [-0.4, -0.2) is 10.8 Å². The number of benzene rings is 2. The Kier molecular flexibility index (Phi) is 4.92. The SMILES string of the molecule is O=C(NCc1cccc(Cl)c1)C1=C2C=CC=CN2C(c2cccc(Cl)c2)N1. The summed E-state index contributed by atoms with van der Waals surface area (Å²) in [6.07, 6.45) is 7.54. The predicted octanol–water partition coefficient (Wildman–Crippen LogP) is 4.51. The van der Waals surface area contributed by atoms with Crippen LogP contribution in [0.15, 0.2) is 84.4 Å². The van der Waals surface area contributed by atoms with Gasteiger partial charge in [-0.25, -0.2) is 0 Å². The standard InChI is InChI=1S/C21H17Cl2N3O/c22-16-7-3-5-14(11-16)13-24-21(27)19-18-9-1-2-10-26(18)20(25-19)15-6-4-8-17(23)12-15/h1-12,20,25H,13H2,(H,24,27). The molecule has 1 unspecified atom stereocenters. The van der Waals surface area contributed by atoms with Crippen LogP contribution >= 0.6 is 23.2 Å². The molecule has 2 aromatic rings. The molecule has 4 rings (SSSR count). The number of amides is 1. The van der Waals surface area contributed by atoms with Gasteiger partial charge in [-0.15, -0.1) is 0 Å². The van der Waals surface area contributed by atoms with E-state index >= 15 is 0 Å². The van der Waals surface area contributed by atoms with Gasteiger partial charge in [0.15, 0.2) is 0 Å². The third kappa shape index (κ3) is 3.72. The number of nitrogens with zero attached hydrogens (tertiary/aromatic N) is 1. The summed E-state index contributed by atoms with van der Waals surface area (Å²) < 4.78 is 0. The summed E-state index contributed by atoms with van der Waals surface area (Å²) in [4.78, 5) is 14.9. The minimum Gasteiger partial charge on any atom is -0.355 e. The molecule has 0 aromatic heterocycles. The topological polar surface area (TPSA) is 44.4 Å². The van der Waals surface area contributed by atoms with E-state index in [2.05, 4.69) is 10.6 Å². The van der Waals surface area contributed by atoms with Gasteiger partial charge < -0.3 is 15.5 Å². The Balaban J connectivity index is 1.55. The first-order valence-electron chi connectivity index (χ1n) is 8.54. The molecule has 136 valence electrons. The number of rotatable bonds is 4. The van der Waals surface area contributed by atoms with Crippen LogP contribution in [0.5, 0.6) is 0 Å². The molecule has 0 saturated carbocycles. The third-order valence-electron chi connectivity index (χ3n) is 4.44. The highest BCUT2D eigenvalue weighted by Crippen LogP contribution is 2.34. The fourth-order valence-corrected chi connectivity index (χ4v) is 3.61. The largest absolute Gasteiger partial charge is 0.355 e. The van der Waals surface area contributed by atoms with E-state index in [-0.39, 0.29) is 12.1 Å². The van der Waals surface area contributed by atoms with E-state index in [0.29, 0.717) is 22.3 Å². The van der Waals surface area contributed by atoms with E-state index in [9.17, 15) is 4.79 Å². The molecule has 2 N–H and O–H groups in total. The minimum absolute atomic E-state index is 0.167. The smallest absolute Gasteiger partial charge is 0.269 e. The second-order valence-corrected chi connectivity index (χ2v) is 7.16. The summed E-state index contributed by atoms with van der Waals surface area (Å²) in [5, 5.41) is 7.59. The third-order valence-corrected chi connectivity index (χ3v) is 4.91. The number of carbonyl (C=O) groups excluding carboxylic acids is 1. The van der Waals surface area contributed by atoms with Gasteiger partial charge >= 0.3 is 0 Å². The summed E-state index contributed by atoms with van der Waals surface area (Å²) in [7, 11) is 0. The van der Waals surface area contributed by atoms with Crippen LogP contribution in [0.3, 0.4) is 0 Å². The van der Waals surface area contributed by atoms with Gasteiger partial charge in [-0.2, -0.15) is 0 Å². The summed E-state index contributed by atoms with van der Waals surface area (Å²) in [5.74, 6) is -0.167. The molecule has 2 heterocycles. The first-order valence-corrected chi connectivity index (χ1v) is 9.29. The predicted molar refractivity (Wildman–Crippen MR) is 108 cm³/mol. The summed E-state index contributed by atoms with van der Waals surface area (Å²) in [6, 6.07) is 15.1. The van der Waals surface area contributed by atoms with Gasteiger partial charge in [0.25, 0.3) is 5.91 Å². The average molecular weight is 398 g/mol. The first kappa shape index (κ1) is 17.7. The maximum Gasteiger partial charge on any atom is 0.269 e. The van der Waals surface area contributed by atoms with Crippen molar-refractivity contribution in [2.24, 2.45) is 0 Å². The number of carbonyl (C=O) groups is 1. The molecule has 2 aromatic carbocycles. The maximum atomic E-state index is 12.8. The van der Waals surface area contributed by atoms with Gasteiger partial charge in [0.2, 0.25) is 0 Å². The Morgan fingerprint density at radius 2 is 1.85 bits per heavy atom. The zero-order valence-corrected chi connectivity index (χ0v) is 15.8. The Morgan fingerprint density at radius 1 is 1.07 bits per heavy atom. The molecule has 0 saturated heterocycles. The molecule has 0 spiro atoms. The van der Waals surface area contributed by atoms with Crippen LogP contribution in [0.25, 0.3) is 0 Å². The molecule has 1 atom stereocenters. The van der Waals surface area contributed by atoms with E-state index in [4.69, 9.17) is 23.2 Å². The number of fused-ring (bicyclic) bond motifs is 1. The van der Waals surface area contributed by atoms with Crippen LogP contribution < -0.4 is 10.6 Å². The quantitative estimate of drug-likeness (QED) is 0.797. The van der Waals surface area contributed by atoms with Crippen molar-refractivity contribution in [3.8, 4) is 0 Å².